The van der Waals surface area contributed by atoms with Crippen LogP contribution in [0.1, 0.15) is 47.2 Å². The van der Waals surface area contributed by atoms with Crippen LogP contribution in [-0.2, 0) is 17.9 Å². The molecule has 28 heavy (non-hydrogen) atoms. The number of piperidine rings is 1. The molecule has 2 aromatic carbocycles. The first-order valence-electron chi connectivity index (χ1n) is 9.99. The van der Waals surface area contributed by atoms with Crippen molar-refractivity contribution in [3.05, 3.63) is 71.3 Å². The first-order chi connectivity index (χ1) is 13.6. The van der Waals surface area contributed by atoms with Gasteiger partial charge in [0.2, 0.25) is 5.91 Å². The lowest BCUT2D eigenvalue weighted by atomic mass is 9.85. The van der Waals surface area contributed by atoms with E-state index in [2.05, 4.69) is 17.0 Å². The van der Waals surface area contributed by atoms with E-state index in [1.54, 1.807) is 18.2 Å². The fourth-order valence-electron chi connectivity index (χ4n) is 4.73. The van der Waals surface area contributed by atoms with Gasteiger partial charge in [-0.2, -0.15) is 0 Å². The molecule has 2 heterocycles. The number of amides is 1. The number of carbonyl (C=O) groups is 2. The van der Waals surface area contributed by atoms with Gasteiger partial charge in [0.25, 0.3) is 0 Å². The van der Waals surface area contributed by atoms with Crippen molar-refractivity contribution in [3.8, 4) is 0 Å². The van der Waals surface area contributed by atoms with Crippen molar-refractivity contribution in [1.82, 2.24) is 9.80 Å². The van der Waals surface area contributed by atoms with Crippen LogP contribution in [0.15, 0.2) is 54.6 Å². The number of carboxylic acid groups (broad SMARTS) is 1. The summed E-state index contributed by atoms with van der Waals surface area (Å²) in [4.78, 5) is 29.1. The minimum absolute atomic E-state index is 0.231. The molecule has 2 saturated heterocycles. The van der Waals surface area contributed by atoms with Crippen molar-refractivity contribution >= 4 is 11.9 Å². The van der Waals surface area contributed by atoms with Crippen LogP contribution in [0.2, 0.25) is 0 Å². The number of nitrogens with zero attached hydrogens (tertiary/aromatic N) is 2. The second kappa shape index (κ2) is 7.76. The van der Waals surface area contributed by atoms with Crippen molar-refractivity contribution in [2.75, 3.05) is 13.1 Å². The molecule has 0 aliphatic carbocycles. The van der Waals surface area contributed by atoms with Crippen molar-refractivity contribution in [1.29, 1.82) is 0 Å². The Morgan fingerprint density at radius 1 is 0.929 bits per heavy atom. The molecule has 146 valence electrons. The maximum absolute atomic E-state index is 13.5. The van der Waals surface area contributed by atoms with E-state index in [-0.39, 0.29) is 5.91 Å². The van der Waals surface area contributed by atoms with Crippen LogP contribution in [0, 0.1) is 0 Å². The number of hydrogen-bond donors (Lipinski definition) is 1. The molecule has 2 aliphatic heterocycles. The van der Waals surface area contributed by atoms with Crippen LogP contribution in [0.3, 0.4) is 0 Å². The number of hydrogen-bond acceptors (Lipinski definition) is 3. The fraction of sp³-hybridized carbons (Fsp3) is 0.391. The Balaban J connectivity index is 1.54. The number of benzene rings is 2. The van der Waals surface area contributed by atoms with Gasteiger partial charge in [-0.15, -0.1) is 0 Å². The Labute approximate surface area is 165 Å². The highest BCUT2D eigenvalue weighted by molar-refractivity contribution is 5.88. The van der Waals surface area contributed by atoms with E-state index in [1.807, 2.05) is 29.2 Å². The zero-order chi connectivity index (χ0) is 19.6. The molecule has 0 saturated carbocycles. The molecule has 1 atom stereocenters. The van der Waals surface area contributed by atoms with E-state index in [4.69, 9.17) is 0 Å². The second-order valence-corrected chi connectivity index (χ2v) is 7.88. The van der Waals surface area contributed by atoms with Gasteiger partial charge < -0.3 is 10.0 Å². The molecule has 1 spiro atoms. The summed E-state index contributed by atoms with van der Waals surface area (Å²) in [6.07, 6.45) is 3.78. The van der Waals surface area contributed by atoms with Crippen LogP contribution >= 0.6 is 0 Å². The molecule has 5 nitrogen and oxygen atoms in total. The van der Waals surface area contributed by atoms with Gasteiger partial charge in [-0.3, -0.25) is 9.69 Å². The second-order valence-electron chi connectivity index (χ2n) is 7.88. The van der Waals surface area contributed by atoms with Gasteiger partial charge in [-0.1, -0.05) is 42.5 Å². The van der Waals surface area contributed by atoms with Crippen LogP contribution in [-0.4, -0.2) is 45.4 Å². The Hall–Kier alpha value is -2.66. The average Bonchev–Trinajstić information content (AvgIpc) is 3.09. The number of aromatic carboxylic acids is 1. The van der Waals surface area contributed by atoms with Gasteiger partial charge in [0.05, 0.1) is 5.56 Å². The van der Waals surface area contributed by atoms with Gasteiger partial charge in [0.1, 0.15) is 5.54 Å². The summed E-state index contributed by atoms with van der Waals surface area (Å²) in [7, 11) is 0. The lowest BCUT2D eigenvalue weighted by molar-refractivity contribution is -0.148. The minimum atomic E-state index is -0.916. The molecule has 0 radical (unpaired) electrons. The van der Waals surface area contributed by atoms with E-state index >= 15 is 0 Å². The van der Waals surface area contributed by atoms with Gasteiger partial charge in [-0.25, -0.2) is 4.79 Å². The van der Waals surface area contributed by atoms with Crippen molar-refractivity contribution in [2.45, 2.75) is 44.3 Å². The summed E-state index contributed by atoms with van der Waals surface area (Å²) in [5.74, 6) is -0.685. The Morgan fingerprint density at radius 2 is 1.64 bits per heavy atom. The highest BCUT2D eigenvalue weighted by Crippen LogP contribution is 2.39. The molecule has 5 heteroatoms. The Morgan fingerprint density at radius 3 is 2.39 bits per heavy atom. The molecule has 2 aliphatic rings. The average molecular weight is 378 g/mol. The first-order valence-corrected chi connectivity index (χ1v) is 9.99. The molecular weight excluding hydrogens is 352 g/mol. The van der Waals surface area contributed by atoms with Gasteiger partial charge in [0.15, 0.2) is 0 Å². The van der Waals surface area contributed by atoms with Gasteiger partial charge in [-0.05, 0) is 55.5 Å². The van der Waals surface area contributed by atoms with E-state index < -0.39 is 11.5 Å². The van der Waals surface area contributed by atoms with Crippen molar-refractivity contribution < 1.29 is 14.7 Å². The number of carbonyl (C=O) groups excluding carboxylic acids is 1. The van der Waals surface area contributed by atoms with E-state index in [9.17, 15) is 14.7 Å². The molecule has 1 N–H and O–H groups in total. The number of likely N-dealkylation sites (tertiary alicyclic amines) is 2. The largest absolute Gasteiger partial charge is 0.478 e. The molecule has 2 fully saturated rings. The normalized spacial score (nSPS) is 22.7. The summed E-state index contributed by atoms with van der Waals surface area (Å²) in [5, 5.41) is 9.25. The highest BCUT2D eigenvalue weighted by atomic mass is 16.4. The predicted molar refractivity (Wildman–Crippen MR) is 107 cm³/mol. The van der Waals surface area contributed by atoms with Crippen LogP contribution in [0.25, 0.3) is 0 Å². The third-order valence-corrected chi connectivity index (χ3v) is 6.09. The standard InChI is InChI=1S/C23H26N2O3/c26-21(27)20-10-4-9-19(15-20)17-25-14-6-12-23(25)11-5-13-24(22(23)28)16-18-7-2-1-3-8-18/h1-4,7-10,15H,5-6,11-14,16-17H2,(H,26,27). The van der Waals surface area contributed by atoms with Crippen LogP contribution in [0.4, 0.5) is 0 Å². The van der Waals surface area contributed by atoms with Crippen LogP contribution in [0.5, 0.6) is 0 Å². The van der Waals surface area contributed by atoms with Crippen molar-refractivity contribution in [3.63, 3.8) is 0 Å². The van der Waals surface area contributed by atoms with Gasteiger partial charge >= 0.3 is 5.97 Å². The summed E-state index contributed by atoms with van der Waals surface area (Å²) in [6.45, 7) is 2.95. The molecule has 1 amide bonds. The summed E-state index contributed by atoms with van der Waals surface area (Å²) in [6, 6.07) is 17.2. The van der Waals surface area contributed by atoms with Crippen molar-refractivity contribution in [2.24, 2.45) is 0 Å². The topological polar surface area (TPSA) is 60.9 Å². The zero-order valence-corrected chi connectivity index (χ0v) is 16.0. The maximum atomic E-state index is 13.5. The summed E-state index contributed by atoms with van der Waals surface area (Å²) in [5.41, 5.74) is 1.97. The SMILES string of the molecule is O=C(O)c1cccc(CN2CCCC23CCCN(Cc2ccccc2)C3=O)c1. The van der Waals surface area contributed by atoms with Crippen LogP contribution < -0.4 is 0 Å². The fourth-order valence-corrected chi connectivity index (χ4v) is 4.73. The molecule has 2 aromatic rings. The van der Waals surface area contributed by atoms with E-state index in [0.29, 0.717) is 18.7 Å². The smallest absolute Gasteiger partial charge is 0.335 e. The lowest BCUT2D eigenvalue weighted by Gasteiger charge is -2.44. The third kappa shape index (κ3) is 3.54. The molecule has 1 unspecified atom stereocenters. The summed E-state index contributed by atoms with van der Waals surface area (Å²) >= 11 is 0. The lowest BCUT2D eigenvalue weighted by Crippen LogP contribution is -2.59. The first kappa shape index (κ1) is 18.7. The number of carboxylic acids is 1. The predicted octanol–water partition coefficient (Wildman–Crippen LogP) is 3.54. The number of rotatable bonds is 5. The van der Waals surface area contributed by atoms with Gasteiger partial charge in [0, 0.05) is 19.6 Å². The monoisotopic (exact) mass is 378 g/mol. The molecule has 4 rings (SSSR count). The molecule has 0 bridgehead atoms. The minimum Gasteiger partial charge on any atom is -0.478 e. The molecule has 0 aromatic heterocycles. The molecular formula is C23H26N2O3. The highest BCUT2D eigenvalue weighted by Gasteiger charge is 2.50. The Bertz CT molecular complexity index is 867. The quantitative estimate of drug-likeness (QED) is 0.864. The Kier molecular flexibility index (Phi) is 5.18. The maximum Gasteiger partial charge on any atom is 0.335 e. The van der Waals surface area contributed by atoms with E-state index in [0.717, 1.165) is 49.9 Å². The third-order valence-electron chi connectivity index (χ3n) is 6.09. The summed E-state index contributed by atoms with van der Waals surface area (Å²) < 4.78 is 0. The van der Waals surface area contributed by atoms with E-state index in [1.165, 1.54) is 0 Å². The zero-order valence-electron chi connectivity index (χ0n) is 16.0.